The molecule has 0 aromatic heterocycles. The predicted octanol–water partition coefficient (Wildman–Crippen LogP) is 2.46. The number of methoxy groups -OCH3 is 1. The van der Waals surface area contributed by atoms with Gasteiger partial charge in [0.1, 0.15) is 24.6 Å². The molecule has 0 saturated carbocycles. The Morgan fingerprint density at radius 1 is 1.16 bits per heavy atom. The summed E-state index contributed by atoms with van der Waals surface area (Å²) in [4.78, 5) is 11.5. The summed E-state index contributed by atoms with van der Waals surface area (Å²) >= 11 is 0. The fourth-order valence-corrected chi connectivity index (χ4v) is 4.83. The van der Waals surface area contributed by atoms with Crippen LogP contribution in [0.5, 0.6) is 0 Å². The van der Waals surface area contributed by atoms with Gasteiger partial charge in [0.15, 0.2) is 0 Å². The number of rotatable bonds is 9. The van der Waals surface area contributed by atoms with Gasteiger partial charge in [0.05, 0.1) is 38.2 Å². The molecule has 0 unspecified atom stereocenters. The van der Waals surface area contributed by atoms with E-state index in [1.807, 2.05) is 18.2 Å². The summed E-state index contributed by atoms with van der Waals surface area (Å²) in [6.45, 7) is 3.38. The molecule has 7 nitrogen and oxygen atoms in total. The first-order valence-electron chi connectivity index (χ1n) is 10.2. The van der Waals surface area contributed by atoms with Crippen LogP contribution in [0.2, 0.25) is 0 Å². The fourth-order valence-electron chi connectivity index (χ4n) is 3.80. The lowest BCUT2D eigenvalue weighted by atomic mass is 10.1. The van der Waals surface area contributed by atoms with Crippen molar-refractivity contribution >= 4 is 21.7 Å². The average Bonchev–Trinajstić information content (AvgIpc) is 2.79. The molecule has 31 heavy (non-hydrogen) atoms. The molecule has 1 fully saturated rings. The van der Waals surface area contributed by atoms with Crippen molar-refractivity contribution in [3.8, 4) is 0 Å². The maximum absolute atomic E-state index is 14.2. The lowest BCUT2D eigenvalue weighted by molar-refractivity contribution is 0.0409. The Labute approximate surface area is 182 Å². The molecular weight excluding hydrogens is 423 g/mol. The molecule has 2 aromatic carbocycles. The first-order chi connectivity index (χ1) is 14.9. The zero-order valence-corrected chi connectivity index (χ0v) is 18.4. The normalized spacial score (nSPS) is 16.1. The standard InChI is InChI=1S/C22H28FN2O5S/c1-29-22(26)18-8-9-19(21(23)16-18)17-24-31(27,28)15-5-10-25(11-13-30-14-12-25)20-6-3-2-4-7-20/h2-4,6-9,16,24H,5,10-15,17H2,1H3/q+1. The van der Waals surface area contributed by atoms with E-state index < -0.39 is 21.8 Å². The molecule has 0 bridgehead atoms. The van der Waals surface area contributed by atoms with E-state index in [2.05, 4.69) is 21.6 Å². The van der Waals surface area contributed by atoms with Gasteiger partial charge in [0.2, 0.25) is 10.0 Å². The van der Waals surface area contributed by atoms with Crippen molar-refractivity contribution in [3.63, 3.8) is 0 Å². The number of halogens is 1. The van der Waals surface area contributed by atoms with E-state index in [9.17, 15) is 17.6 Å². The Bertz CT molecular complexity index is 992. The van der Waals surface area contributed by atoms with Crippen molar-refractivity contribution in [1.82, 2.24) is 9.21 Å². The van der Waals surface area contributed by atoms with Gasteiger partial charge in [-0.1, -0.05) is 24.3 Å². The second-order valence-electron chi connectivity index (χ2n) is 7.56. The van der Waals surface area contributed by atoms with Crippen LogP contribution in [-0.4, -0.2) is 60.1 Å². The maximum atomic E-state index is 14.2. The number of carbonyl (C=O) groups is 1. The molecule has 2 aromatic rings. The lowest BCUT2D eigenvalue weighted by Crippen LogP contribution is -2.57. The lowest BCUT2D eigenvalue weighted by Gasteiger charge is -2.41. The third-order valence-corrected chi connectivity index (χ3v) is 7.00. The van der Waals surface area contributed by atoms with Crippen LogP contribution in [0.4, 0.5) is 10.1 Å². The first kappa shape index (κ1) is 23.3. The maximum Gasteiger partial charge on any atom is 0.337 e. The molecule has 1 aliphatic heterocycles. The SMILES string of the molecule is COC(=O)c1ccc(CNS(=O)(=O)CCC[N+]2(c3ccccc3)CCOCC2)c(F)c1. The second kappa shape index (κ2) is 10.3. The van der Waals surface area contributed by atoms with Crippen LogP contribution in [0.1, 0.15) is 22.3 Å². The van der Waals surface area contributed by atoms with Gasteiger partial charge in [-0.05, 0) is 24.3 Å². The molecule has 168 valence electrons. The highest BCUT2D eigenvalue weighted by molar-refractivity contribution is 7.89. The number of quaternary nitrogens is 1. The highest BCUT2D eigenvalue weighted by Crippen LogP contribution is 2.25. The summed E-state index contributed by atoms with van der Waals surface area (Å²) < 4.78 is 52.4. The third-order valence-electron chi connectivity index (χ3n) is 5.59. The van der Waals surface area contributed by atoms with Crippen LogP contribution < -0.4 is 9.21 Å². The minimum atomic E-state index is -3.59. The summed E-state index contributed by atoms with van der Waals surface area (Å²) in [7, 11) is -2.38. The Hall–Kier alpha value is -2.33. The van der Waals surface area contributed by atoms with Crippen LogP contribution in [0.3, 0.4) is 0 Å². The zero-order chi connectivity index (χ0) is 22.3. The summed E-state index contributed by atoms with van der Waals surface area (Å²) in [6.07, 6.45) is 0.466. The number of benzene rings is 2. The molecule has 1 saturated heterocycles. The summed E-state index contributed by atoms with van der Waals surface area (Å²) in [5, 5.41) is 0. The highest BCUT2D eigenvalue weighted by Gasteiger charge is 2.33. The second-order valence-corrected chi connectivity index (χ2v) is 9.48. The molecule has 0 aliphatic carbocycles. The predicted molar refractivity (Wildman–Crippen MR) is 117 cm³/mol. The number of ether oxygens (including phenoxy) is 2. The number of esters is 1. The van der Waals surface area contributed by atoms with Crippen LogP contribution in [-0.2, 0) is 26.0 Å². The van der Waals surface area contributed by atoms with E-state index in [-0.39, 0.29) is 23.4 Å². The Balaban J connectivity index is 1.58. The van der Waals surface area contributed by atoms with Crippen LogP contribution in [0.25, 0.3) is 0 Å². The molecule has 0 radical (unpaired) electrons. The van der Waals surface area contributed by atoms with E-state index in [1.165, 1.54) is 19.2 Å². The number of morpholine rings is 1. The van der Waals surface area contributed by atoms with E-state index in [4.69, 9.17) is 4.74 Å². The van der Waals surface area contributed by atoms with Crippen LogP contribution in [0.15, 0.2) is 48.5 Å². The van der Waals surface area contributed by atoms with Gasteiger partial charge in [-0.15, -0.1) is 0 Å². The van der Waals surface area contributed by atoms with E-state index >= 15 is 0 Å². The van der Waals surface area contributed by atoms with Gasteiger partial charge in [-0.25, -0.2) is 22.3 Å². The van der Waals surface area contributed by atoms with Crippen molar-refractivity contribution in [1.29, 1.82) is 0 Å². The molecule has 0 atom stereocenters. The van der Waals surface area contributed by atoms with Crippen molar-refractivity contribution in [2.75, 3.05) is 45.7 Å². The minimum Gasteiger partial charge on any atom is -0.465 e. The number of nitrogens with one attached hydrogen (secondary N) is 1. The minimum absolute atomic E-state index is 0.0530. The van der Waals surface area contributed by atoms with Crippen LogP contribution in [0, 0.1) is 5.82 Å². The number of nitrogens with zero attached hydrogens (tertiary/aromatic N) is 1. The Kier molecular flexibility index (Phi) is 7.77. The number of hydrogen-bond donors (Lipinski definition) is 1. The van der Waals surface area contributed by atoms with Gasteiger partial charge in [0, 0.05) is 18.5 Å². The quantitative estimate of drug-likeness (QED) is 0.468. The molecule has 3 rings (SSSR count). The number of hydrogen-bond acceptors (Lipinski definition) is 5. The number of para-hydroxylation sites is 1. The molecule has 0 spiro atoms. The van der Waals surface area contributed by atoms with Gasteiger partial charge in [-0.2, -0.15) is 0 Å². The van der Waals surface area contributed by atoms with Crippen molar-refractivity contribution in [3.05, 3.63) is 65.5 Å². The summed E-state index contributed by atoms with van der Waals surface area (Å²) in [6, 6.07) is 13.9. The third kappa shape index (κ3) is 6.10. The van der Waals surface area contributed by atoms with Gasteiger partial charge >= 0.3 is 5.97 Å². The largest absolute Gasteiger partial charge is 0.465 e. The topological polar surface area (TPSA) is 81.7 Å². The molecule has 1 aliphatic rings. The van der Waals surface area contributed by atoms with Gasteiger partial charge < -0.3 is 9.47 Å². The zero-order valence-electron chi connectivity index (χ0n) is 17.6. The van der Waals surface area contributed by atoms with Gasteiger partial charge in [-0.3, -0.25) is 4.48 Å². The van der Waals surface area contributed by atoms with E-state index in [0.29, 0.717) is 30.7 Å². The fraction of sp³-hybridized carbons (Fsp3) is 0.409. The average molecular weight is 452 g/mol. The first-order valence-corrected chi connectivity index (χ1v) is 11.8. The van der Waals surface area contributed by atoms with Crippen molar-refractivity contribution < 1.29 is 27.1 Å². The van der Waals surface area contributed by atoms with E-state index in [1.54, 1.807) is 0 Å². The Morgan fingerprint density at radius 2 is 1.87 bits per heavy atom. The summed E-state index contributed by atoms with van der Waals surface area (Å²) in [5.41, 5.74) is 1.40. The Morgan fingerprint density at radius 3 is 2.52 bits per heavy atom. The molecule has 9 heteroatoms. The molecule has 0 amide bonds. The summed E-state index contributed by atoms with van der Waals surface area (Å²) in [5.74, 6) is -1.36. The van der Waals surface area contributed by atoms with E-state index in [0.717, 1.165) is 24.8 Å². The van der Waals surface area contributed by atoms with Gasteiger partial charge in [0.25, 0.3) is 0 Å². The highest BCUT2D eigenvalue weighted by atomic mass is 32.2. The monoisotopic (exact) mass is 451 g/mol. The number of carbonyl (C=O) groups excluding carboxylic acids is 1. The molecule has 1 heterocycles. The number of sulfonamides is 1. The van der Waals surface area contributed by atoms with Crippen molar-refractivity contribution in [2.24, 2.45) is 0 Å². The van der Waals surface area contributed by atoms with Crippen molar-refractivity contribution in [2.45, 2.75) is 13.0 Å². The molecule has 1 N–H and O–H groups in total. The van der Waals surface area contributed by atoms with Crippen LogP contribution >= 0.6 is 0 Å². The smallest absolute Gasteiger partial charge is 0.337 e. The molecular formula is C22H28FN2O5S+.